The van der Waals surface area contributed by atoms with Gasteiger partial charge in [-0.25, -0.2) is 0 Å². The Hall–Kier alpha value is -3.77. The molecular weight excluding hydrogens is 457 g/mol. The van der Waals surface area contributed by atoms with Crippen molar-refractivity contribution in [2.75, 3.05) is 5.32 Å². The van der Waals surface area contributed by atoms with Crippen LogP contribution in [0, 0.1) is 20.2 Å². The first-order chi connectivity index (χ1) is 14.6. The van der Waals surface area contributed by atoms with E-state index >= 15 is 0 Å². The van der Waals surface area contributed by atoms with E-state index in [1.54, 1.807) is 0 Å². The summed E-state index contributed by atoms with van der Waals surface area (Å²) in [7, 11) is 0. The van der Waals surface area contributed by atoms with Crippen molar-refractivity contribution in [2.45, 2.75) is 12.8 Å². The monoisotopic (exact) mass is 469 g/mol. The zero-order valence-electron chi connectivity index (χ0n) is 15.4. The molecule has 0 aliphatic heterocycles. The van der Waals surface area contributed by atoms with Crippen LogP contribution in [0.1, 0.15) is 23.2 Å². The van der Waals surface area contributed by atoms with Gasteiger partial charge in [0.2, 0.25) is 11.8 Å². The van der Waals surface area contributed by atoms with Crippen LogP contribution in [0.15, 0.2) is 36.4 Å². The number of nitro benzene ring substituents is 2. The number of amides is 3. The van der Waals surface area contributed by atoms with E-state index in [1.807, 2.05) is 10.9 Å². The second-order valence-corrected chi connectivity index (χ2v) is 6.77. The second-order valence-electron chi connectivity index (χ2n) is 5.93. The van der Waals surface area contributed by atoms with E-state index in [0.717, 1.165) is 12.1 Å². The number of carbonyl (C=O) groups is 3. The van der Waals surface area contributed by atoms with E-state index in [0.29, 0.717) is 16.8 Å². The Morgan fingerprint density at radius 1 is 0.839 bits per heavy atom. The molecule has 0 aliphatic carbocycles. The summed E-state index contributed by atoms with van der Waals surface area (Å²) in [5, 5.41) is 24.8. The van der Waals surface area contributed by atoms with Crippen LogP contribution in [0.4, 0.5) is 17.1 Å². The number of nitrogens with one attached hydrogen (secondary N) is 3. The van der Waals surface area contributed by atoms with Crippen LogP contribution in [-0.2, 0) is 9.59 Å². The first-order valence-corrected chi connectivity index (χ1v) is 9.10. The third-order valence-electron chi connectivity index (χ3n) is 3.69. The number of anilines is 1. The summed E-state index contributed by atoms with van der Waals surface area (Å²) in [4.78, 5) is 55.8. The Kier molecular flexibility index (Phi) is 7.82. The van der Waals surface area contributed by atoms with Crippen LogP contribution in [-0.4, -0.2) is 27.6 Å². The Balaban J connectivity index is 1.89. The van der Waals surface area contributed by atoms with Crippen molar-refractivity contribution in [3.8, 4) is 0 Å². The van der Waals surface area contributed by atoms with Gasteiger partial charge in [0.05, 0.1) is 32.2 Å². The van der Waals surface area contributed by atoms with Crippen molar-refractivity contribution in [1.29, 1.82) is 0 Å². The average molecular weight is 470 g/mol. The molecule has 2 aromatic rings. The Morgan fingerprint density at radius 3 is 1.97 bits per heavy atom. The van der Waals surface area contributed by atoms with Crippen molar-refractivity contribution < 1.29 is 24.2 Å². The fourth-order valence-corrected chi connectivity index (χ4v) is 2.68. The van der Waals surface area contributed by atoms with Gasteiger partial charge < -0.3 is 5.32 Å². The molecule has 3 N–H and O–H groups in total. The van der Waals surface area contributed by atoms with Crippen LogP contribution >= 0.6 is 23.2 Å². The number of non-ortho nitro benzene ring substituents is 2. The lowest BCUT2D eigenvalue weighted by Crippen LogP contribution is -2.41. The largest absolute Gasteiger partial charge is 0.325 e. The fourth-order valence-electron chi connectivity index (χ4n) is 2.23. The Bertz CT molecular complexity index is 1040. The van der Waals surface area contributed by atoms with Gasteiger partial charge in [-0.3, -0.25) is 45.5 Å². The molecule has 0 aliphatic rings. The minimum Gasteiger partial charge on any atom is -0.325 e. The molecule has 162 valence electrons. The number of hydrogen-bond acceptors (Lipinski definition) is 7. The molecule has 3 amide bonds. The fraction of sp³-hybridized carbons (Fsp3) is 0.118. The molecule has 0 atom stereocenters. The Morgan fingerprint density at radius 2 is 1.42 bits per heavy atom. The SMILES string of the molecule is O=C(CCC(=O)Nc1ccc(Cl)cc1Cl)NNC(=O)c1cc([N+](=O)[O-])cc([N+](=O)[O-])c1. The summed E-state index contributed by atoms with van der Waals surface area (Å²) in [6, 6.07) is 6.76. The molecule has 31 heavy (non-hydrogen) atoms. The van der Waals surface area contributed by atoms with E-state index in [4.69, 9.17) is 23.2 Å². The van der Waals surface area contributed by atoms with Crippen molar-refractivity contribution in [2.24, 2.45) is 0 Å². The van der Waals surface area contributed by atoms with Gasteiger partial charge >= 0.3 is 0 Å². The Labute approximate surface area is 183 Å². The minimum absolute atomic E-state index is 0.212. The van der Waals surface area contributed by atoms with Gasteiger partial charge in [0.15, 0.2) is 0 Å². The molecule has 2 aromatic carbocycles. The predicted octanol–water partition coefficient (Wildman–Crippen LogP) is 2.99. The van der Waals surface area contributed by atoms with Crippen LogP contribution in [0.2, 0.25) is 10.0 Å². The van der Waals surface area contributed by atoms with Crippen LogP contribution < -0.4 is 16.2 Å². The normalized spacial score (nSPS) is 10.1. The molecule has 0 saturated carbocycles. The maximum atomic E-state index is 12.1. The molecule has 12 nitrogen and oxygen atoms in total. The molecule has 0 heterocycles. The smallest absolute Gasteiger partial charge is 0.277 e. The van der Waals surface area contributed by atoms with Gasteiger partial charge in [0, 0.05) is 30.0 Å². The summed E-state index contributed by atoms with van der Waals surface area (Å²) in [6.45, 7) is 0. The molecular formula is C17H13Cl2N5O7. The third-order valence-corrected chi connectivity index (χ3v) is 4.23. The van der Waals surface area contributed by atoms with Crippen molar-refractivity contribution in [1.82, 2.24) is 10.9 Å². The zero-order chi connectivity index (χ0) is 23.1. The summed E-state index contributed by atoms with van der Waals surface area (Å²) in [6.07, 6.45) is -0.560. The minimum atomic E-state index is -1.02. The number of rotatable bonds is 7. The summed E-state index contributed by atoms with van der Waals surface area (Å²) >= 11 is 11.7. The highest BCUT2D eigenvalue weighted by atomic mass is 35.5. The van der Waals surface area contributed by atoms with Crippen molar-refractivity contribution in [3.05, 3.63) is 72.2 Å². The summed E-state index contributed by atoms with van der Waals surface area (Å²) in [5.41, 5.74) is 2.55. The van der Waals surface area contributed by atoms with Crippen molar-refractivity contribution in [3.63, 3.8) is 0 Å². The van der Waals surface area contributed by atoms with E-state index in [9.17, 15) is 34.6 Å². The molecule has 0 aromatic heterocycles. The molecule has 0 fully saturated rings. The number of benzene rings is 2. The molecule has 2 rings (SSSR count). The van der Waals surface area contributed by atoms with Crippen LogP contribution in [0.5, 0.6) is 0 Å². The average Bonchev–Trinajstić information content (AvgIpc) is 2.72. The zero-order valence-corrected chi connectivity index (χ0v) is 16.9. The quantitative estimate of drug-likeness (QED) is 0.412. The van der Waals surface area contributed by atoms with Gasteiger partial charge in [-0.15, -0.1) is 0 Å². The number of carbonyl (C=O) groups excluding carboxylic acids is 3. The van der Waals surface area contributed by atoms with Crippen molar-refractivity contribution >= 4 is 58.0 Å². The molecule has 0 spiro atoms. The lowest BCUT2D eigenvalue weighted by Gasteiger charge is -2.09. The number of hydrogen-bond donors (Lipinski definition) is 3. The molecule has 0 unspecified atom stereocenters. The maximum absolute atomic E-state index is 12.1. The topological polar surface area (TPSA) is 174 Å². The maximum Gasteiger partial charge on any atom is 0.277 e. The highest BCUT2D eigenvalue weighted by molar-refractivity contribution is 6.36. The lowest BCUT2D eigenvalue weighted by atomic mass is 10.1. The van der Waals surface area contributed by atoms with Gasteiger partial charge in [-0.1, -0.05) is 23.2 Å². The number of halogens is 2. The predicted molar refractivity (Wildman–Crippen MR) is 110 cm³/mol. The summed E-state index contributed by atoms with van der Waals surface area (Å²) in [5.74, 6) is -2.29. The van der Waals surface area contributed by atoms with E-state index in [2.05, 4.69) is 5.32 Å². The van der Waals surface area contributed by atoms with Crippen LogP contribution in [0.25, 0.3) is 0 Å². The summed E-state index contributed by atoms with van der Waals surface area (Å²) < 4.78 is 0. The van der Waals surface area contributed by atoms with E-state index in [1.165, 1.54) is 18.2 Å². The number of nitro groups is 2. The number of hydrazine groups is 1. The first-order valence-electron chi connectivity index (χ1n) is 8.35. The van der Waals surface area contributed by atoms with Gasteiger partial charge in [0.1, 0.15) is 0 Å². The van der Waals surface area contributed by atoms with Gasteiger partial charge in [-0.2, -0.15) is 0 Å². The molecule has 0 bridgehead atoms. The van der Waals surface area contributed by atoms with E-state index in [-0.39, 0.29) is 17.9 Å². The highest BCUT2D eigenvalue weighted by Gasteiger charge is 2.20. The van der Waals surface area contributed by atoms with Crippen LogP contribution in [0.3, 0.4) is 0 Å². The third kappa shape index (κ3) is 6.90. The lowest BCUT2D eigenvalue weighted by molar-refractivity contribution is -0.394. The number of nitrogens with zero attached hydrogens (tertiary/aromatic N) is 2. The first kappa shape index (κ1) is 23.5. The highest BCUT2D eigenvalue weighted by Crippen LogP contribution is 2.25. The molecule has 0 saturated heterocycles. The second kappa shape index (κ2) is 10.3. The molecule has 14 heteroatoms. The van der Waals surface area contributed by atoms with Gasteiger partial charge in [0.25, 0.3) is 17.3 Å². The van der Waals surface area contributed by atoms with E-state index < -0.39 is 44.5 Å². The van der Waals surface area contributed by atoms with Gasteiger partial charge in [-0.05, 0) is 18.2 Å². The standard InChI is InChI=1S/C17H13Cl2N5O7/c18-10-1-2-14(13(19)7-10)20-15(25)3-4-16(26)21-22-17(27)9-5-11(23(28)29)8-12(6-9)24(30)31/h1-2,5-8H,3-4H2,(H,20,25)(H,21,26)(H,22,27). The molecule has 0 radical (unpaired) electrons.